The number of hydrogen-bond acceptors (Lipinski definition) is 3. The normalized spacial score (nSPS) is 10.3. The predicted octanol–water partition coefficient (Wildman–Crippen LogP) is 4.52. The van der Waals surface area contributed by atoms with Gasteiger partial charge in [0.25, 0.3) is 0 Å². The minimum atomic E-state index is 0.352. The highest BCUT2D eigenvalue weighted by molar-refractivity contribution is 5.81. The Morgan fingerprint density at radius 1 is 1.05 bits per heavy atom. The van der Waals surface area contributed by atoms with Crippen LogP contribution in [0.25, 0.3) is 10.9 Å². The average molecular weight is 274 g/mol. The SMILES string of the molecule is Cc1cccc(Oc2nc3ccccc3cc2C#N)c1C. The molecule has 0 spiro atoms. The van der Waals surface area contributed by atoms with Crippen molar-refractivity contribution in [3.63, 3.8) is 0 Å². The number of pyridine rings is 1. The van der Waals surface area contributed by atoms with Crippen molar-refractivity contribution in [3.05, 3.63) is 65.2 Å². The van der Waals surface area contributed by atoms with Gasteiger partial charge in [-0.3, -0.25) is 0 Å². The number of ether oxygens (including phenoxy) is 1. The van der Waals surface area contributed by atoms with Crippen LogP contribution in [0.2, 0.25) is 0 Å². The summed E-state index contributed by atoms with van der Waals surface area (Å²) < 4.78 is 5.89. The quantitative estimate of drug-likeness (QED) is 0.690. The lowest BCUT2D eigenvalue weighted by Gasteiger charge is -2.11. The van der Waals surface area contributed by atoms with Crippen LogP contribution in [0, 0.1) is 25.2 Å². The largest absolute Gasteiger partial charge is 0.437 e. The first-order valence-electron chi connectivity index (χ1n) is 6.73. The number of rotatable bonds is 2. The number of aromatic nitrogens is 1. The number of aryl methyl sites for hydroxylation is 1. The summed E-state index contributed by atoms with van der Waals surface area (Å²) in [5.74, 6) is 1.08. The third-order valence-electron chi connectivity index (χ3n) is 3.57. The van der Waals surface area contributed by atoms with Crippen molar-refractivity contribution < 1.29 is 4.74 Å². The van der Waals surface area contributed by atoms with Gasteiger partial charge < -0.3 is 4.74 Å². The van der Waals surface area contributed by atoms with Gasteiger partial charge in [-0.2, -0.15) is 5.26 Å². The molecule has 1 heterocycles. The molecule has 0 saturated heterocycles. The summed E-state index contributed by atoms with van der Waals surface area (Å²) in [6, 6.07) is 17.5. The zero-order valence-corrected chi connectivity index (χ0v) is 11.9. The molecule has 0 radical (unpaired) electrons. The second-order valence-electron chi connectivity index (χ2n) is 4.95. The van der Waals surface area contributed by atoms with Crippen molar-refractivity contribution in [1.82, 2.24) is 4.98 Å². The Bertz CT molecular complexity index is 863. The molecule has 0 aliphatic heterocycles. The van der Waals surface area contributed by atoms with E-state index in [2.05, 4.69) is 11.1 Å². The molecule has 0 aliphatic rings. The van der Waals surface area contributed by atoms with Gasteiger partial charge in [0.15, 0.2) is 0 Å². The topological polar surface area (TPSA) is 45.9 Å². The van der Waals surface area contributed by atoms with Crippen molar-refractivity contribution in [3.8, 4) is 17.7 Å². The zero-order chi connectivity index (χ0) is 14.8. The summed E-state index contributed by atoms with van der Waals surface area (Å²) in [7, 11) is 0. The summed E-state index contributed by atoms with van der Waals surface area (Å²) in [5, 5.41) is 10.2. The summed E-state index contributed by atoms with van der Waals surface area (Å²) in [6.07, 6.45) is 0. The Morgan fingerprint density at radius 3 is 2.67 bits per heavy atom. The Morgan fingerprint density at radius 2 is 1.86 bits per heavy atom. The van der Waals surface area contributed by atoms with Crippen LogP contribution in [-0.2, 0) is 0 Å². The molecule has 0 amide bonds. The van der Waals surface area contributed by atoms with Gasteiger partial charge in [0, 0.05) is 5.39 Å². The standard InChI is InChI=1S/C18H14N2O/c1-12-6-5-9-17(13(12)2)21-18-15(11-19)10-14-7-3-4-8-16(14)20-18/h3-10H,1-2H3. The monoisotopic (exact) mass is 274 g/mol. The molecule has 0 bridgehead atoms. The van der Waals surface area contributed by atoms with Gasteiger partial charge in [-0.1, -0.05) is 30.3 Å². The molecule has 3 heteroatoms. The van der Waals surface area contributed by atoms with E-state index < -0.39 is 0 Å². The second-order valence-corrected chi connectivity index (χ2v) is 4.95. The van der Waals surface area contributed by atoms with Crippen molar-refractivity contribution >= 4 is 10.9 Å². The first-order valence-corrected chi connectivity index (χ1v) is 6.73. The third kappa shape index (κ3) is 2.44. The van der Waals surface area contributed by atoms with Gasteiger partial charge in [-0.05, 0) is 43.2 Å². The van der Waals surface area contributed by atoms with E-state index in [-0.39, 0.29) is 0 Å². The average Bonchev–Trinajstić information content (AvgIpc) is 2.51. The van der Waals surface area contributed by atoms with Crippen LogP contribution < -0.4 is 4.74 Å². The van der Waals surface area contributed by atoms with Crippen molar-refractivity contribution in [2.75, 3.05) is 0 Å². The maximum Gasteiger partial charge on any atom is 0.237 e. The highest BCUT2D eigenvalue weighted by Gasteiger charge is 2.11. The van der Waals surface area contributed by atoms with Crippen LogP contribution in [0.3, 0.4) is 0 Å². The summed E-state index contributed by atoms with van der Waals surface area (Å²) >= 11 is 0. The maximum atomic E-state index is 9.31. The fraction of sp³-hybridized carbons (Fsp3) is 0.111. The molecule has 3 nitrogen and oxygen atoms in total. The first kappa shape index (κ1) is 13.1. The minimum Gasteiger partial charge on any atom is -0.437 e. The first-order chi connectivity index (χ1) is 10.2. The Kier molecular flexibility index (Phi) is 3.29. The fourth-order valence-corrected chi connectivity index (χ4v) is 2.20. The molecule has 3 aromatic rings. The lowest BCUT2D eigenvalue weighted by atomic mass is 10.1. The molecule has 0 N–H and O–H groups in total. The molecule has 0 unspecified atom stereocenters. The molecule has 2 aromatic carbocycles. The molecule has 0 fully saturated rings. The van der Waals surface area contributed by atoms with E-state index >= 15 is 0 Å². The maximum absolute atomic E-state index is 9.31. The van der Waals surface area contributed by atoms with E-state index in [1.54, 1.807) is 0 Å². The summed E-state index contributed by atoms with van der Waals surface area (Å²) in [4.78, 5) is 4.47. The number of para-hydroxylation sites is 1. The van der Waals surface area contributed by atoms with E-state index in [1.807, 2.05) is 62.4 Å². The smallest absolute Gasteiger partial charge is 0.237 e. The third-order valence-corrected chi connectivity index (χ3v) is 3.57. The highest BCUT2D eigenvalue weighted by atomic mass is 16.5. The second kappa shape index (κ2) is 5.26. The van der Waals surface area contributed by atoms with Gasteiger partial charge in [-0.25, -0.2) is 4.98 Å². The molecule has 0 atom stereocenters. The van der Waals surface area contributed by atoms with E-state index in [1.165, 1.54) is 0 Å². The lowest BCUT2D eigenvalue weighted by molar-refractivity contribution is 0.459. The van der Waals surface area contributed by atoms with Crippen LogP contribution in [-0.4, -0.2) is 4.98 Å². The van der Waals surface area contributed by atoms with Gasteiger partial charge in [0.2, 0.25) is 5.88 Å². The van der Waals surface area contributed by atoms with Crippen LogP contribution >= 0.6 is 0 Å². The van der Waals surface area contributed by atoms with Gasteiger partial charge >= 0.3 is 0 Å². The summed E-state index contributed by atoms with van der Waals surface area (Å²) in [6.45, 7) is 4.03. The van der Waals surface area contributed by atoms with Crippen LogP contribution in [0.4, 0.5) is 0 Å². The van der Waals surface area contributed by atoms with Crippen molar-refractivity contribution in [1.29, 1.82) is 5.26 Å². The van der Waals surface area contributed by atoms with Crippen molar-refractivity contribution in [2.45, 2.75) is 13.8 Å². The van der Waals surface area contributed by atoms with Crippen LogP contribution in [0.1, 0.15) is 16.7 Å². The van der Waals surface area contributed by atoms with Crippen LogP contribution in [0.5, 0.6) is 11.6 Å². The number of nitriles is 1. The van der Waals surface area contributed by atoms with E-state index in [0.717, 1.165) is 27.8 Å². The summed E-state index contributed by atoms with van der Waals surface area (Å²) in [5.41, 5.74) is 3.45. The predicted molar refractivity (Wildman–Crippen MR) is 82.4 cm³/mol. The highest BCUT2D eigenvalue weighted by Crippen LogP contribution is 2.29. The van der Waals surface area contributed by atoms with Crippen LogP contribution in [0.15, 0.2) is 48.5 Å². The van der Waals surface area contributed by atoms with Crippen molar-refractivity contribution in [2.24, 2.45) is 0 Å². The Hall–Kier alpha value is -2.86. The number of fused-ring (bicyclic) bond motifs is 1. The number of nitrogens with zero attached hydrogens (tertiary/aromatic N) is 2. The number of benzene rings is 2. The number of hydrogen-bond donors (Lipinski definition) is 0. The zero-order valence-electron chi connectivity index (χ0n) is 11.9. The fourth-order valence-electron chi connectivity index (χ4n) is 2.20. The van der Waals surface area contributed by atoms with E-state index in [0.29, 0.717) is 11.4 Å². The molecule has 3 rings (SSSR count). The molecule has 21 heavy (non-hydrogen) atoms. The Labute approximate surface area is 123 Å². The molecule has 1 aromatic heterocycles. The van der Waals surface area contributed by atoms with Gasteiger partial charge in [0.05, 0.1) is 5.52 Å². The molecular formula is C18H14N2O. The minimum absolute atomic E-state index is 0.352. The molecule has 0 aliphatic carbocycles. The van der Waals surface area contributed by atoms with Gasteiger partial charge in [0.1, 0.15) is 17.4 Å². The lowest BCUT2D eigenvalue weighted by Crippen LogP contribution is -1.95. The van der Waals surface area contributed by atoms with Gasteiger partial charge in [-0.15, -0.1) is 0 Å². The molecular weight excluding hydrogens is 260 g/mol. The molecule has 102 valence electrons. The van der Waals surface area contributed by atoms with E-state index in [9.17, 15) is 5.26 Å². The van der Waals surface area contributed by atoms with E-state index in [4.69, 9.17) is 4.74 Å². The molecule has 0 saturated carbocycles. The Balaban J connectivity index is 2.11.